The molecule has 34 heavy (non-hydrogen) atoms. The number of carboxylic acid groups (broad SMARTS) is 2. The molecule has 1 unspecified atom stereocenters. The molecule has 3 N–H and O–H groups in total. The lowest BCUT2D eigenvalue weighted by Crippen LogP contribution is -2.36. The van der Waals surface area contributed by atoms with Gasteiger partial charge < -0.3 is 15.5 Å². The smallest absolute Gasteiger partial charge is 0.318 e. The normalized spacial score (nSPS) is 17.4. The van der Waals surface area contributed by atoms with E-state index in [0.29, 0.717) is 12.8 Å². The molecule has 1 aliphatic heterocycles. The molecule has 0 bridgehead atoms. The van der Waals surface area contributed by atoms with Gasteiger partial charge in [-0.15, -0.1) is 6.58 Å². The Hall–Kier alpha value is -3.41. The van der Waals surface area contributed by atoms with Crippen molar-refractivity contribution in [3.8, 4) is 11.1 Å². The maximum Gasteiger partial charge on any atom is 0.318 e. The van der Waals surface area contributed by atoms with Crippen LogP contribution in [0.4, 0.5) is 0 Å². The van der Waals surface area contributed by atoms with E-state index < -0.39 is 23.3 Å². The number of carbonyl (C=O) groups excluding carboxylic acids is 1. The minimum absolute atomic E-state index is 0.133. The lowest BCUT2D eigenvalue weighted by Gasteiger charge is -2.14. The van der Waals surface area contributed by atoms with Crippen LogP contribution in [0.2, 0.25) is 0 Å². The molecule has 0 aliphatic carbocycles. The zero-order valence-electron chi connectivity index (χ0n) is 21.6. The molecule has 0 spiro atoms. The Kier molecular flexibility index (Phi) is 17.4. The Labute approximate surface area is 204 Å². The maximum atomic E-state index is 11.9. The summed E-state index contributed by atoms with van der Waals surface area (Å²) < 4.78 is 0. The van der Waals surface area contributed by atoms with E-state index in [9.17, 15) is 14.7 Å². The highest BCUT2D eigenvalue weighted by Crippen LogP contribution is 2.31. The van der Waals surface area contributed by atoms with Crippen LogP contribution in [0.5, 0.6) is 0 Å². The van der Waals surface area contributed by atoms with Crippen LogP contribution in [0.1, 0.15) is 60.5 Å². The van der Waals surface area contributed by atoms with E-state index in [1.165, 1.54) is 6.92 Å². The number of hydrogen-bond donors (Lipinski definition) is 3. The Balaban J connectivity index is 0. The molecule has 1 amide bonds. The fourth-order valence-corrected chi connectivity index (χ4v) is 3.04. The van der Waals surface area contributed by atoms with Gasteiger partial charge in [0.25, 0.3) is 5.97 Å². The summed E-state index contributed by atoms with van der Waals surface area (Å²) in [6.45, 7) is 15.8. The summed E-state index contributed by atoms with van der Waals surface area (Å²) in [5.41, 5.74) is 2.07. The second-order valence-electron chi connectivity index (χ2n) is 7.21. The summed E-state index contributed by atoms with van der Waals surface area (Å²) in [5.74, 6) is -2.28. The zero-order valence-corrected chi connectivity index (χ0v) is 21.6. The summed E-state index contributed by atoms with van der Waals surface area (Å²) in [6.07, 6.45) is 2.71. The van der Waals surface area contributed by atoms with E-state index in [-0.39, 0.29) is 6.04 Å². The van der Waals surface area contributed by atoms with E-state index >= 15 is 0 Å². The molecule has 0 radical (unpaired) electrons. The molecule has 1 fully saturated rings. The van der Waals surface area contributed by atoms with Crippen LogP contribution >= 0.6 is 0 Å². The van der Waals surface area contributed by atoms with Crippen LogP contribution in [0.25, 0.3) is 11.1 Å². The number of benzene rings is 2. The van der Waals surface area contributed by atoms with Gasteiger partial charge in [-0.05, 0) is 43.4 Å². The first-order valence-corrected chi connectivity index (χ1v) is 11.6. The van der Waals surface area contributed by atoms with Crippen LogP contribution in [-0.4, -0.2) is 34.1 Å². The van der Waals surface area contributed by atoms with Gasteiger partial charge in [-0.3, -0.25) is 14.4 Å². The van der Waals surface area contributed by atoms with Gasteiger partial charge in [0.1, 0.15) is 5.41 Å². The van der Waals surface area contributed by atoms with E-state index in [1.807, 2.05) is 65.0 Å². The van der Waals surface area contributed by atoms with Gasteiger partial charge in [-0.25, -0.2) is 0 Å². The fourth-order valence-electron chi connectivity index (χ4n) is 3.04. The van der Waals surface area contributed by atoms with Crippen molar-refractivity contribution in [2.45, 2.75) is 67.3 Å². The summed E-state index contributed by atoms with van der Waals surface area (Å²) in [4.78, 5) is 32.2. The minimum Gasteiger partial charge on any atom is -0.481 e. The standard InChI is InChI=1S/C19H19NO3.C3H6.C2H4O2.2C2H6/c1-19(18(22)23)12-16(20-17(19)21)11-13-7-9-15(10-8-13)14-5-3-2-4-6-14;1-3-2;1-2(3)4;2*1-2/h2-10,16H,11-12H2,1H3,(H,20,21)(H,22,23);3H,1H2,2H3;1H3,(H,3,4);2*1-2H3/t16-,19?;;;;/m1..../s1. The van der Waals surface area contributed by atoms with Crippen molar-refractivity contribution < 1.29 is 24.6 Å². The average molecular weight is 472 g/mol. The molecular formula is C28H41NO5. The van der Waals surface area contributed by atoms with Crippen molar-refractivity contribution in [3.05, 3.63) is 72.8 Å². The number of rotatable bonds is 4. The summed E-state index contributed by atoms with van der Waals surface area (Å²) >= 11 is 0. The number of carbonyl (C=O) groups is 3. The van der Waals surface area contributed by atoms with E-state index in [4.69, 9.17) is 9.90 Å². The molecule has 6 nitrogen and oxygen atoms in total. The molecule has 6 heteroatoms. The summed E-state index contributed by atoms with van der Waals surface area (Å²) in [7, 11) is 0. The molecule has 0 saturated carbocycles. The van der Waals surface area contributed by atoms with Crippen LogP contribution in [0, 0.1) is 5.41 Å². The topological polar surface area (TPSA) is 104 Å². The second kappa shape index (κ2) is 18.1. The highest BCUT2D eigenvalue weighted by Gasteiger charge is 2.48. The quantitative estimate of drug-likeness (QED) is 0.363. The monoisotopic (exact) mass is 471 g/mol. The third-order valence-corrected chi connectivity index (χ3v) is 4.51. The maximum absolute atomic E-state index is 11.9. The van der Waals surface area contributed by atoms with Crippen molar-refractivity contribution in [2.75, 3.05) is 0 Å². The van der Waals surface area contributed by atoms with Crippen LogP contribution < -0.4 is 5.32 Å². The Bertz CT molecular complexity index is 858. The molecule has 0 aromatic heterocycles. The van der Waals surface area contributed by atoms with Crippen LogP contribution in [0.15, 0.2) is 67.3 Å². The third-order valence-electron chi connectivity index (χ3n) is 4.51. The first-order valence-electron chi connectivity index (χ1n) is 11.6. The van der Waals surface area contributed by atoms with Crippen LogP contribution in [0.3, 0.4) is 0 Å². The molecule has 2 atom stereocenters. The average Bonchev–Trinajstić information content (AvgIpc) is 3.12. The van der Waals surface area contributed by atoms with E-state index in [2.05, 4.69) is 36.2 Å². The van der Waals surface area contributed by atoms with Crippen molar-refractivity contribution in [1.29, 1.82) is 0 Å². The molecule has 1 saturated heterocycles. The highest BCUT2D eigenvalue weighted by molar-refractivity contribution is 6.03. The van der Waals surface area contributed by atoms with Crippen LogP contribution in [-0.2, 0) is 20.8 Å². The summed E-state index contributed by atoms with van der Waals surface area (Å²) in [5, 5.41) is 19.4. The molecule has 1 aliphatic rings. The van der Waals surface area contributed by atoms with Gasteiger partial charge in [-0.2, -0.15) is 0 Å². The molecule has 3 rings (SSSR count). The molecular weight excluding hydrogens is 430 g/mol. The predicted molar refractivity (Wildman–Crippen MR) is 140 cm³/mol. The van der Waals surface area contributed by atoms with E-state index in [0.717, 1.165) is 23.6 Å². The van der Waals surface area contributed by atoms with Gasteiger partial charge >= 0.3 is 5.97 Å². The fraction of sp³-hybridized carbons (Fsp3) is 0.393. The largest absolute Gasteiger partial charge is 0.481 e. The van der Waals surface area contributed by atoms with Crippen molar-refractivity contribution in [1.82, 2.24) is 5.32 Å². The Morgan fingerprint density at radius 2 is 1.41 bits per heavy atom. The number of amides is 1. The molecule has 2 aromatic rings. The van der Waals surface area contributed by atoms with Gasteiger partial charge in [0.15, 0.2) is 0 Å². The first kappa shape index (κ1) is 32.8. The van der Waals surface area contributed by atoms with Crippen molar-refractivity contribution in [3.63, 3.8) is 0 Å². The lowest BCUT2D eigenvalue weighted by atomic mass is 9.86. The number of aliphatic carboxylic acids is 2. The van der Waals surface area contributed by atoms with Crippen molar-refractivity contribution in [2.24, 2.45) is 5.41 Å². The number of hydrogen-bond acceptors (Lipinski definition) is 3. The summed E-state index contributed by atoms with van der Waals surface area (Å²) in [6, 6.07) is 18.2. The number of nitrogens with one attached hydrogen (secondary N) is 1. The predicted octanol–water partition coefficient (Wildman–Crippen LogP) is 6.21. The molecule has 1 heterocycles. The molecule has 188 valence electrons. The third kappa shape index (κ3) is 11.5. The van der Waals surface area contributed by atoms with Gasteiger partial charge in [0.05, 0.1) is 0 Å². The van der Waals surface area contributed by atoms with Crippen molar-refractivity contribution >= 4 is 17.8 Å². The van der Waals surface area contributed by atoms with Gasteiger partial charge in [0, 0.05) is 13.0 Å². The van der Waals surface area contributed by atoms with Gasteiger partial charge in [-0.1, -0.05) is 88.4 Å². The molecule has 2 aromatic carbocycles. The zero-order chi connectivity index (χ0) is 26.7. The Morgan fingerprint density at radius 1 is 1.00 bits per heavy atom. The minimum atomic E-state index is -1.31. The number of carboxylic acids is 2. The SMILES string of the molecule is C=CC.CC.CC.CC(=O)O.CC1(C(=O)O)C[C@@H](Cc2ccc(-c3ccccc3)cc2)NC1=O. The Morgan fingerprint density at radius 3 is 1.79 bits per heavy atom. The number of allylic oxidation sites excluding steroid dienone is 1. The van der Waals surface area contributed by atoms with Gasteiger partial charge in [0.2, 0.25) is 5.91 Å². The second-order valence-corrected chi connectivity index (χ2v) is 7.21. The first-order chi connectivity index (χ1) is 16.1. The highest BCUT2D eigenvalue weighted by atomic mass is 16.4. The lowest BCUT2D eigenvalue weighted by molar-refractivity contribution is -0.152. The van der Waals surface area contributed by atoms with E-state index in [1.54, 1.807) is 6.08 Å².